The number of hydrogen-bond acceptors (Lipinski definition) is 2. The maximum Gasteiger partial charge on any atom is 0.130 e. The first-order valence-corrected chi connectivity index (χ1v) is 6.98. The largest absolute Gasteiger partial charge is 0.457 e. The van der Waals surface area contributed by atoms with Crippen molar-refractivity contribution in [3.8, 4) is 11.5 Å². The highest BCUT2D eigenvalue weighted by Gasteiger charge is 2.13. The summed E-state index contributed by atoms with van der Waals surface area (Å²) >= 11 is 0. The van der Waals surface area contributed by atoms with E-state index < -0.39 is 0 Å². The topological polar surface area (TPSA) is 35.2 Å². The van der Waals surface area contributed by atoms with E-state index in [1.807, 2.05) is 37.3 Å². The molecule has 2 rings (SSSR count). The third-order valence-electron chi connectivity index (χ3n) is 3.44. The summed E-state index contributed by atoms with van der Waals surface area (Å²) in [5.74, 6) is 1.73. The van der Waals surface area contributed by atoms with E-state index in [9.17, 15) is 0 Å². The Bertz CT molecular complexity index is 579. The zero-order chi connectivity index (χ0) is 14.8. The Morgan fingerprint density at radius 1 is 1.00 bits per heavy atom. The summed E-state index contributed by atoms with van der Waals surface area (Å²) < 4.78 is 5.96. The van der Waals surface area contributed by atoms with Crippen molar-refractivity contribution in [2.75, 3.05) is 0 Å². The number of hydrogen-bond donors (Lipinski definition) is 1. The van der Waals surface area contributed by atoms with Gasteiger partial charge in [0.2, 0.25) is 0 Å². The van der Waals surface area contributed by atoms with Crippen LogP contribution < -0.4 is 10.5 Å². The first-order chi connectivity index (χ1) is 9.40. The standard InChI is InChI=1S/C18H23NO/c1-13-5-6-14(12-19)11-17(13)20-16-9-7-15(8-10-16)18(2,3)4/h5-11H,12,19H2,1-4H3. The van der Waals surface area contributed by atoms with Crippen LogP contribution >= 0.6 is 0 Å². The van der Waals surface area contributed by atoms with Gasteiger partial charge in [-0.25, -0.2) is 0 Å². The van der Waals surface area contributed by atoms with E-state index in [1.54, 1.807) is 0 Å². The number of benzene rings is 2. The van der Waals surface area contributed by atoms with Crippen LogP contribution in [0.4, 0.5) is 0 Å². The van der Waals surface area contributed by atoms with Gasteiger partial charge < -0.3 is 10.5 Å². The van der Waals surface area contributed by atoms with Crippen LogP contribution in [0.15, 0.2) is 42.5 Å². The Hall–Kier alpha value is -1.80. The van der Waals surface area contributed by atoms with Gasteiger partial charge in [0.1, 0.15) is 11.5 Å². The minimum atomic E-state index is 0.161. The zero-order valence-corrected chi connectivity index (χ0v) is 12.7. The lowest BCUT2D eigenvalue weighted by molar-refractivity contribution is 0.477. The molecule has 0 heterocycles. The fourth-order valence-corrected chi connectivity index (χ4v) is 2.03. The lowest BCUT2D eigenvalue weighted by atomic mass is 9.87. The second-order valence-electron chi connectivity index (χ2n) is 6.18. The predicted molar refractivity (Wildman–Crippen MR) is 84.3 cm³/mol. The molecular weight excluding hydrogens is 246 g/mol. The summed E-state index contributed by atoms with van der Waals surface area (Å²) in [7, 11) is 0. The average Bonchev–Trinajstić information content (AvgIpc) is 2.41. The third-order valence-corrected chi connectivity index (χ3v) is 3.44. The van der Waals surface area contributed by atoms with E-state index in [1.165, 1.54) is 5.56 Å². The molecule has 0 saturated heterocycles. The minimum absolute atomic E-state index is 0.161. The monoisotopic (exact) mass is 269 g/mol. The van der Waals surface area contributed by atoms with E-state index >= 15 is 0 Å². The van der Waals surface area contributed by atoms with Gasteiger partial charge in [-0.15, -0.1) is 0 Å². The summed E-state index contributed by atoms with van der Waals surface area (Å²) in [5.41, 5.74) is 9.33. The molecule has 0 atom stereocenters. The van der Waals surface area contributed by atoms with Crippen molar-refractivity contribution >= 4 is 0 Å². The quantitative estimate of drug-likeness (QED) is 0.887. The van der Waals surface area contributed by atoms with Crippen LogP contribution in [0.25, 0.3) is 0 Å². The molecule has 0 aliphatic heterocycles. The SMILES string of the molecule is Cc1ccc(CN)cc1Oc1ccc(C(C)(C)C)cc1. The lowest BCUT2D eigenvalue weighted by Gasteiger charge is -2.19. The van der Waals surface area contributed by atoms with E-state index in [2.05, 4.69) is 32.9 Å². The van der Waals surface area contributed by atoms with Crippen LogP contribution in [0.2, 0.25) is 0 Å². The molecule has 0 saturated carbocycles. The molecule has 0 aromatic heterocycles. The van der Waals surface area contributed by atoms with E-state index in [4.69, 9.17) is 10.5 Å². The molecule has 0 bridgehead atoms. The fraction of sp³-hybridized carbons (Fsp3) is 0.333. The Morgan fingerprint density at radius 3 is 2.20 bits per heavy atom. The van der Waals surface area contributed by atoms with Crippen LogP contribution in [0, 0.1) is 6.92 Å². The van der Waals surface area contributed by atoms with Gasteiger partial charge in [0.15, 0.2) is 0 Å². The van der Waals surface area contributed by atoms with Crippen molar-refractivity contribution < 1.29 is 4.74 Å². The van der Waals surface area contributed by atoms with Crippen LogP contribution in [0.1, 0.15) is 37.5 Å². The van der Waals surface area contributed by atoms with Crippen molar-refractivity contribution in [1.82, 2.24) is 0 Å². The van der Waals surface area contributed by atoms with Gasteiger partial charge in [-0.3, -0.25) is 0 Å². The Labute approximate surface area is 121 Å². The molecule has 106 valence electrons. The highest BCUT2D eigenvalue weighted by Crippen LogP contribution is 2.29. The maximum atomic E-state index is 5.96. The van der Waals surface area contributed by atoms with Gasteiger partial charge in [0.05, 0.1) is 0 Å². The maximum absolute atomic E-state index is 5.96. The molecule has 0 aliphatic carbocycles. The molecule has 20 heavy (non-hydrogen) atoms. The normalized spacial score (nSPS) is 11.4. The fourth-order valence-electron chi connectivity index (χ4n) is 2.03. The van der Waals surface area contributed by atoms with Crippen molar-refractivity contribution in [1.29, 1.82) is 0 Å². The van der Waals surface area contributed by atoms with Gasteiger partial charge in [-0.2, -0.15) is 0 Å². The molecule has 2 nitrogen and oxygen atoms in total. The average molecular weight is 269 g/mol. The second kappa shape index (κ2) is 5.68. The molecule has 2 aromatic rings. The van der Waals surface area contributed by atoms with Crippen LogP contribution in [0.3, 0.4) is 0 Å². The second-order valence-corrected chi connectivity index (χ2v) is 6.18. The lowest BCUT2D eigenvalue weighted by Crippen LogP contribution is -2.10. The highest BCUT2D eigenvalue weighted by molar-refractivity contribution is 5.41. The van der Waals surface area contributed by atoms with E-state index in [0.717, 1.165) is 22.6 Å². The Kier molecular flexibility index (Phi) is 4.15. The molecule has 0 radical (unpaired) electrons. The third kappa shape index (κ3) is 3.40. The number of aryl methyl sites for hydroxylation is 1. The molecule has 0 unspecified atom stereocenters. The molecule has 2 heteroatoms. The smallest absolute Gasteiger partial charge is 0.130 e. The minimum Gasteiger partial charge on any atom is -0.457 e. The summed E-state index contributed by atoms with van der Waals surface area (Å²) in [6, 6.07) is 14.4. The molecule has 2 aromatic carbocycles. The van der Waals surface area contributed by atoms with Gasteiger partial charge in [-0.05, 0) is 47.2 Å². The highest BCUT2D eigenvalue weighted by atomic mass is 16.5. The van der Waals surface area contributed by atoms with E-state index in [0.29, 0.717) is 6.54 Å². The van der Waals surface area contributed by atoms with Crippen molar-refractivity contribution in [3.63, 3.8) is 0 Å². The van der Waals surface area contributed by atoms with Crippen molar-refractivity contribution in [2.45, 2.75) is 39.7 Å². The Balaban J connectivity index is 2.22. The number of nitrogens with two attached hydrogens (primary N) is 1. The Morgan fingerprint density at radius 2 is 1.65 bits per heavy atom. The summed E-state index contributed by atoms with van der Waals surface area (Å²) in [6.07, 6.45) is 0. The van der Waals surface area contributed by atoms with E-state index in [-0.39, 0.29) is 5.41 Å². The zero-order valence-electron chi connectivity index (χ0n) is 12.7. The van der Waals surface area contributed by atoms with Crippen LogP contribution in [-0.2, 0) is 12.0 Å². The number of rotatable bonds is 3. The predicted octanol–water partition coefficient (Wildman–Crippen LogP) is 4.54. The van der Waals surface area contributed by atoms with Gasteiger partial charge >= 0.3 is 0 Å². The van der Waals surface area contributed by atoms with Crippen LogP contribution in [-0.4, -0.2) is 0 Å². The van der Waals surface area contributed by atoms with Crippen molar-refractivity contribution in [3.05, 3.63) is 59.2 Å². The molecule has 0 aliphatic rings. The number of ether oxygens (including phenoxy) is 1. The molecule has 0 fully saturated rings. The van der Waals surface area contributed by atoms with Gasteiger partial charge in [-0.1, -0.05) is 45.0 Å². The van der Waals surface area contributed by atoms with Gasteiger partial charge in [0.25, 0.3) is 0 Å². The molecular formula is C18H23NO. The molecule has 0 spiro atoms. The first-order valence-electron chi connectivity index (χ1n) is 6.98. The van der Waals surface area contributed by atoms with Crippen LogP contribution in [0.5, 0.6) is 11.5 Å². The van der Waals surface area contributed by atoms with Gasteiger partial charge in [0, 0.05) is 6.54 Å². The first kappa shape index (κ1) is 14.6. The summed E-state index contributed by atoms with van der Waals surface area (Å²) in [6.45, 7) is 9.19. The van der Waals surface area contributed by atoms with Crippen molar-refractivity contribution in [2.24, 2.45) is 5.73 Å². The summed E-state index contributed by atoms with van der Waals surface area (Å²) in [5, 5.41) is 0. The molecule has 0 amide bonds. The summed E-state index contributed by atoms with van der Waals surface area (Å²) in [4.78, 5) is 0. The molecule has 2 N–H and O–H groups in total.